The van der Waals surface area contributed by atoms with Crippen LogP contribution in [0.2, 0.25) is 0 Å². The molecule has 2 amide bonds. The summed E-state index contributed by atoms with van der Waals surface area (Å²) in [5.41, 5.74) is 0.576. The summed E-state index contributed by atoms with van der Waals surface area (Å²) in [6, 6.07) is 0. The van der Waals surface area contributed by atoms with Crippen LogP contribution in [0.15, 0.2) is 23.9 Å². The predicted octanol–water partition coefficient (Wildman–Crippen LogP) is 2.68. The first-order valence-corrected chi connectivity index (χ1v) is 12.7. The first-order chi connectivity index (χ1) is 15.5. The van der Waals surface area contributed by atoms with Gasteiger partial charge in [-0.3, -0.25) is 9.59 Å². The largest absolute Gasteiger partial charge is 0.545 e. The number of nitrogens with zero attached hydrogens (tertiary/aromatic N) is 2. The predicted molar refractivity (Wildman–Crippen MR) is 136 cm³/mol. The zero-order chi connectivity index (χ0) is 25.3. The number of hydrogen-bond acceptors (Lipinski definition) is 5. The van der Waals surface area contributed by atoms with Crippen LogP contribution in [0.4, 0.5) is 0 Å². The monoisotopic (exact) mass is 483 g/mol. The third-order valence-corrected chi connectivity index (χ3v) is 5.79. The Balaban J connectivity index is 4.50. The molecule has 0 radical (unpaired) electrons. The fourth-order valence-corrected chi connectivity index (χ4v) is 3.83. The van der Waals surface area contributed by atoms with Crippen molar-refractivity contribution >= 4 is 30.4 Å². The molecule has 0 aliphatic carbocycles. The van der Waals surface area contributed by atoms with E-state index >= 15 is 0 Å². The fourth-order valence-electron chi connectivity index (χ4n) is 3.61. The van der Waals surface area contributed by atoms with E-state index in [1.165, 1.54) is 19.0 Å². The molecule has 0 heterocycles. The standard InChI is InChI=1S/C25H45N3O4S/c1-6-15-27(16-13-17-28(4,5)20-22(3)25(31)32)24(30)21(2)19-26-23(29)14-11-9-7-8-10-12-18-33/h19H,3,6-18,20H2,1-2,4-5H3,(H2-,26,29,30,31,32,33). The molecule has 0 spiro atoms. The van der Waals surface area contributed by atoms with E-state index in [0.717, 1.165) is 44.3 Å². The summed E-state index contributed by atoms with van der Waals surface area (Å²) in [7, 11) is 3.87. The van der Waals surface area contributed by atoms with Crippen LogP contribution in [-0.4, -0.2) is 73.2 Å². The number of hydrogen-bond donors (Lipinski definition) is 2. The lowest BCUT2D eigenvalue weighted by Gasteiger charge is -2.32. The lowest BCUT2D eigenvalue weighted by atomic mass is 10.1. The van der Waals surface area contributed by atoms with Gasteiger partial charge < -0.3 is 24.6 Å². The molecule has 0 aliphatic heterocycles. The summed E-state index contributed by atoms with van der Waals surface area (Å²) < 4.78 is 0.459. The van der Waals surface area contributed by atoms with Crippen molar-refractivity contribution in [1.82, 2.24) is 10.2 Å². The molecule has 1 N–H and O–H groups in total. The molecule has 0 bridgehead atoms. The smallest absolute Gasteiger partial charge is 0.250 e. The average Bonchev–Trinajstić information content (AvgIpc) is 2.75. The molecule has 0 aromatic rings. The number of carbonyl (C=O) groups is 3. The minimum Gasteiger partial charge on any atom is -0.545 e. The van der Waals surface area contributed by atoms with Crippen molar-refractivity contribution in [2.75, 3.05) is 46.0 Å². The van der Waals surface area contributed by atoms with E-state index in [2.05, 4.69) is 24.5 Å². The highest BCUT2D eigenvalue weighted by Crippen LogP contribution is 2.09. The van der Waals surface area contributed by atoms with E-state index in [-0.39, 0.29) is 17.4 Å². The number of rotatable bonds is 19. The molecule has 0 aromatic heterocycles. The molecular weight excluding hydrogens is 438 g/mol. The van der Waals surface area contributed by atoms with Gasteiger partial charge in [0.2, 0.25) is 5.91 Å². The molecule has 8 heteroatoms. The molecule has 190 valence electrons. The van der Waals surface area contributed by atoms with Crippen LogP contribution in [-0.2, 0) is 14.4 Å². The van der Waals surface area contributed by atoms with E-state index < -0.39 is 5.97 Å². The van der Waals surface area contributed by atoms with Crippen LogP contribution in [0.1, 0.15) is 71.6 Å². The van der Waals surface area contributed by atoms with Gasteiger partial charge in [0.15, 0.2) is 0 Å². The second-order valence-electron chi connectivity index (χ2n) is 9.34. The van der Waals surface area contributed by atoms with Crippen LogP contribution in [0, 0.1) is 0 Å². The highest BCUT2D eigenvalue weighted by Gasteiger charge is 2.20. The molecule has 7 nitrogen and oxygen atoms in total. The van der Waals surface area contributed by atoms with Crippen LogP contribution in [0.5, 0.6) is 0 Å². The Kier molecular flexibility index (Phi) is 16.7. The van der Waals surface area contributed by atoms with Crippen molar-refractivity contribution < 1.29 is 24.0 Å². The first-order valence-electron chi connectivity index (χ1n) is 12.1. The van der Waals surface area contributed by atoms with Gasteiger partial charge in [-0.05, 0) is 31.9 Å². The maximum absolute atomic E-state index is 12.8. The lowest BCUT2D eigenvalue weighted by Crippen LogP contribution is -2.46. The Labute approximate surface area is 206 Å². The van der Waals surface area contributed by atoms with Crippen molar-refractivity contribution in [2.24, 2.45) is 0 Å². The summed E-state index contributed by atoms with van der Waals surface area (Å²) in [4.78, 5) is 37.6. The second-order valence-corrected chi connectivity index (χ2v) is 9.79. The number of carboxylic acid groups (broad SMARTS) is 1. The Hall–Kier alpha value is -1.80. The molecule has 33 heavy (non-hydrogen) atoms. The summed E-state index contributed by atoms with van der Waals surface area (Å²) in [6.45, 7) is 9.48. The number of amides is 2. The molecule has 0 aromatic carbocycles. The number of carboxylic acids is 1. The number of carbonyl (C=O) groups excluding carboxylic acids is 3. The molecule has 0 saturated carbocycles. The van der Waals surface area contributed by atoms with E-state index in [1.807, 2.05) is 21.0 Å². The highest BCUT2D eigenvalue weighted by molar-refractivity contribution is 7.80. The minimum absolute atomic E-state index is 0.0632. The maximum atomic E-state index is 12.8. The Morgan fingerprint density at radius 2 is 1.64 bits per heavy atom. The van der Waals surface area contributed by atoms with E-state index in [9.17, 15) is 19.5 Å². The normalized spacial score (nSPS) is 11.8. The molecular formula is C25H45N3O4S. The van der Waals surface area contributed by atoms with E-state index in [4.69, 9.17) is 0 Å². The topological polar surface area (TPSA) is 89.5 Å². The molecule has 0 atom stereocenters. The number of aliphatic carboxylic acids is 1. The van der Waals surface area contributed by atoms with Crippen LogP contribution >= 0.6 is 12.6 Å². The van der Waals surface area contributed by atoms with Gasteiger partial charge in [-0.25, -0.2) is 0 Å². The third-order valence-electron chi connectivity index (χ3n) is 5.48. The van der Waals surface area contributed by atoms with Gasteiger partial charge in [0.1, 0.15) is 6.54 Å². The van der Waals surface area contributed by atoms with Gasteiger partial charge in [-0.15, -0.1) is 0 Å². The van der Waals surface area contributed by atoms with Gasteiger partial charge in [-0.1, -0.05) is 39.2 Å². The average molecular weight is 484 g/mol. The number of quaternary nitrogens is 1. The Morgan fingerprint density at radius 3 is 2.21 bits per heavy atom. The van der Waals surface area contributed by atoms with E-state index in [1.54, 1.807) is 11.8 Å². The van der Waals surface area contributed by atoms with Crippen LogP contribution < -0.4 is 10.4 Å². The van der Waals surface area contributed by atoms with Crippen molar-refractivity contribution in [3.05, 3.63) is 23.9 Å². The van der Waals surface area contributed by atoms with E-state index in [0.29, 0.717) is 42.7 Å². The Bertz CT molecular complexity index is 662. The second kappa shape index (κ2) is 17.6. The minimum atomic E-state index is -1.23. The number of likely N-dealkylation sites (N-methyl/N-ethyl adjacent to an activating group) is 1. The SMILES string of the molecule is C=C(C[N+](C)(C)CCCN(CCC)C(=O)C(C)=CNC(=O)CCCCCCCCS)C(=O)[O-]. The highest BCUT2D eigenvalue weighted by atomic mass is 32.1. The first kappa shape index (κ1) is 31.2. The molecule has 0 fully saturated rings. The Morgan fingerprint density at radius 1 is 1.03 bits per heavy atom. The number of unbranched alkanes of at least 4 members (excludes halogenated alkanes) is 5. The summed E-state index contributed by atoms with van der Waals surface area (Å²) >= 11 is 4.21. The number of thiol groups is 1. The van der Waals surface area contributed by atoms with Gasteiger partial charge in [0.05, 0.1) is 26.6 Å². The van der Waals surface area contributed by atoms with Crippen LogP contribution in [0.25, 0.3) is 0 Å². The van der Waals surface area contributed by atoms with Gasteiger partial charge >= 0.3 is 0 Å². The van der Waals surface area contributed by atoms with Crippen molar-refractivity contribution in [3.63, 3.8) is 0 Å². The van der Waals surface area contributed by atoms with Crippen molar-refractivity contribution in [2.45, 2.75) is 71.6 Å². The molecule has 0 unspecified atom stereocenters. The van der Waals surface area contributed by atoms with Gasteiger partial charge in [-0.2, -0.15) is 12.6 Å². The lowest BCUT2D eigenvalue weighted by molar-refractivity contribution is -0.885. The molecule has 0 rings (SSSR count). The van der Waals surface area contributed by atoms with Crippen molar-refractivity contribution in [1.29, 1.82) is 0 Å². The summed E-state index contributed by atoms with van der Waals surface area (Å²) in [5, 5.41) is 13.7. The maximum Gasteiger partial charge on any atom is 0.250 e. The third kappa shape index (κ3) is 15.6. The quantitative estimate of drug-likeness (QED) is 0.128. The van der Waals surface area contributed by atoms with Crippen molar-refractivity contribution in [3.8, 4) is 0 Å². The van der Waals surface area contributed by atoms with Crippen LogP contribution in [0.3, 0.4) is 0 Å². The zero-order valence-corrected chi connectivity index (χ0v) is 22.1. The fraction of sp³-hybridized carbons (Fsp3) is 0.720. The molecule has 0 aliphatic rings. The summed E-state index contributed by atoms with van der Waals surface area (Å²) in [5.74, 6) is -0.450. The van der Waals surface area contributed by atoms with Gasteiger partial charge in [0, 0.05) is 43.3 Å². The summed E-state index contributed by atoms with van der Waals surface area (Å²) in [6.07, 6.45) is 10.1. The zero-order valence-electron chi connectivity index (χ0n) is 21.2. The number of nitrogens with one attached hydrogen (secondary N) is 1. The molecule has 0 saturated heterocycles. The van der Waals surface area contributed by atoms with Gasteiger partial charge in [0.25, 0.3) is 5.91 Å².